The molecule has 0 bridgehead atoms. The summed E-state index contributed by atoms with van der Waals surface area (Å²) in [5.41, 5.74) is 1.10. The van der Waals surface area contributed by atoms with Gasteiger partial charge in [0.25, 0.3) is 0 Å². The summed E-state index contributed by atoms with van der Waals surface area (Å²) in [5.74, 6) is -0.329. The third-order valence-corrected chi connectivity index (χ3v) is 2.75. The van der Waals surface area contributed by atoms with E-state index in [1.807, 2.05) is 6.92 Å². The van der Waals surface area contributed by atoms with Gasteiger partial charge in [0.05, 0.1) is 18.2 Å². The molecule has 0 fully saturated rings. The molecule has 0 spiro atoms. The van der Waals surface area contributed by atoms with Gasteiger partial charge in [-0.05, 0) is 24.1 Å². The van der Waals surface area contributed by atoms with Crippen molar-refractivity contribution >= 4 is 16.6 Å². The second-order valence-corrected chi connectivity index (χ2v) is 3.88. The molecule has 0 saturated carbocycles. The fourth-order valence-electron chi connectivity index (χ4n) is 1.44. The Kier molecular flexibility index (Phi) is 4.99. The van der Waals surface area contributed by atoms with Crippen LogP contribution >= 0.6 is 11.6 Å². The van der Waals surface area contributed by atoms with E-state index >= 15 is 0 Å². The molecule has 0 unspecified atom stereocenters. The molecular weight excluding hydrogens is 241 g/mol. The molecule has 0 aliphatic carbocycles. The number of ether oxygens (including phenoxy) is 1. The van der Waals surface area contributed by atoms with E-state index < -0.39 is 5.82 Å². The fraction of sp³-hybridized carbons (Fsp3) is 0.308. The van der Waals surface area contributed by atoms with E-state index in [1.165, 1.54) is 25.3 Å². The first-order chi connectivity index (χ1) is 8.13. The van der Waals surface area contributed by atoms with Gasteiger partial charge in [-0.15, -0.1) is 0 Å². The van der Waals surface area contributed by atoms with Crippen molar-refractivity contribution in [1.29, 1.82) is 5.26 Å². The Bertz CT molecular complexity index is 477. The zero-order valence-electron chi connectivity index (χ0n) is 9.76. The van der Waals surface area contributed by atoms with Crippen LogP contribution in [0.4, 0.5) is 4.39 Å². The molecule has 17 heavy (non-hydrogen) atoms. The number of nitrogens with zero attached hydrogens (tertiary/aromatic N) is 1. The van der Waals surface area contributed by atoms with Crippen molar-refractivity contribution in [1.82, 2.24) is 0 Å². The van der Waals surface area contributed by atoms with E-state index in [0.29, 0.717) is 22.6 Å². The van der Waals surface area contributed by atoms with Crippen molar-refractivity contribution in [2.75, 3.05) is 7.11 Å². The summed E-state index contributed by atoms with van der Waals surface area (Å²) in [5, 5.41) is 9.33. The fourth-order valence-corrected chi connectivity index (χ4v) is 1.69. The number of benzene rings is 1. The molecule has 0 amide bonds. The first-order valence-corrected chi connectivity index (χ1v) is 5.64. The minimum atomic E-state index is -0.449. The highest BCUT2D eigenvalue weighted by atomic mass is 35.5. The van der Waals surface area contributed by atoms with Gasteiger partial charge < -0.3 is 4.74 Å². The first kappa shape index (κ1) is 13.5. The van der Waals surface area contributed by atoms with Crippen LogP contribution in [0.3, 0.4) is 0 Å². The predicted octanol–water partition coefficient (Wildman–Crippen LogP) is 4.11. The molecule has 0 heterocycles. The standard InChI is InChI=1S/C13H13ClFNO/c1-3-4-10(8-16)13(14)9-5-6-11(15)12(7-9)17-2/h5-7H,3-4H2,1-2H3/b13-10-. The summed E-state index contributed by atoms with van der Waals surface area (Å²) < 4.78 is 18.1. The molecule has 4 heteroatoms. The van der Waals surface area contributed by atoms with Crippen LogP contribution in [0, 0.1) is 17.1 Å². The van der Waals surface area contributed by atoms with Crippen LogP contribution in [-0.4, -0.2) is 7.11 Å². The Morgan fingerprint density at radius 3 is 2.76 bits per heavy atom. The van der Waals surface area contributed by atoms with E-state index in [2.05, 4.69) is 6.07 Å². The Hall–Kier alpha value is -1.53. The summed E-state index contributed by atoms with van der Waals surface area (Å²) in [7, 11) is 1.39. The highest BCUT2D eigenvalue weighted by Crippen LogP contribution is 2.29. The maximum atomic E-state index is 13.2. The smallest absolute Gasteiger partial charge is 0.165 e. The molecule has 0 aliphatic heterocycles. The number of halogens is 2. The van der Waals surface area contributed by atoms with Gasteiger partial charge in [-0.25, -0.2) is 4.39 Å². The lowest BCUT2D eigenvalue weighted by Crippen LogP contribution is -1.91. The van der Waals surface area contributed by atoms with Crippen molar-refractivity contribution < 1.29 is 9.13 Å². The zero-order valence-corrected chi connectivity index (χ0v) is 10.5. The van der Waals surface area contributed by atoms with Crippen molar-refractivity contribution in [2.45, 2.75) is 19.8 Å². The Labute approximate surface area is 105 Å². The van der Waals surface area contributed by atoms with Gasteiger partial charge in [-0.2, -0.15) is 5.26 Å². The van der Waals surface area contributed by atoms with Crippen LogP contribution in [0.25, 0.3) is 5.03 Å². The molecule has 0 saturated heterocycles. The first-order valence-electron chi connectivity index (χ1n) is 5.26. The van der Waals surface area contributed by atoms with Crippen molar-refractivity contribution in [3.63, 3.8) is 0 Å². The maximum Gasteiger partial charge on any atom is 0.165 e. The lowest BCUT2D eigenvalue weighted by atomic mass is 10.1. The van der Waals surface area contributed by atoms with Crippen LogP contribution in [0.5, 0.6) is 5.75 Å². The number of nitriles is 1. The molecule has 0 N–H and O–H groups in total. The third-order valence-electron chi connectivity index (χ3n) is 2.30. The minimum absolute atomic E-state index is 0.120. The van der Waals surface area contributed by atoms with E-state index in [1.54, 1.807) is 0 Å². The monoisotopic (exact) mass is 253 g/mol. The van der Waals surface area contributed by atoms with Gasteiger partial charge in [0.1, 0.15) is 0 Å². The summed E-state index contributed by atoms with van der Waals surface area (Å²) in [6.45, 7) is 1.97. The Balaban J connectivity index is 3.20. The van der Waals surface area contributed by atoms with Crippen molar-refractivity contribution in [3.05, 3.63) is 35.2 Å². The van der Waals surface area contributed by atoms with Gasteiger partial charge in [0.15, 0.2) is 11.6 Å². The van der Waals surface area contributed by atoms with E-state index in [4.69, 9.17) is 21.6 Å². The van der Waals surface area contributed by atoms with Crippen LogP contribution < -0.4 is 4.74 Å². The van der Waals surface area contributed by atoms with Gasteiger partial charge in [0.2, 0.25) is 0 Å². The van der Waals surface area contributed by atoms with Crippen LogP contribution in [0.2, 0.25) is 0 Å². The van der Waals surface area contributed by atoms with E-state index in [0.717, 1.165) is 6.42 Å². The number of hydrogen-bond donors (Lipinski definition) is 0. The van der Waals surface area contributed by atoms with E-state index in [-0.39, 0.29) is 5.75 Å². The van der Waals surface area contributed by atoms with Crippen LogP contribution in [0.15, 0.2) is 23.8 Å². The molecule has 1 rings (SSSR count). The third kappa shape index (κ3) is 3.21. The summed E-state index contributed by atoms with van der Waals surface area (Å²) in [6.07, 6.45) is 1.44. The second-order valence-electron chi connectivity index (χ2n) is 3.50. The topological polar surface area (TPSA) is 33.0 Å². The van der Waals surface area contributed by atoms with E-state index in [9.17, 15) is 4.39 Å². The molecule has 0 atom stereocenters. The highest BCUT2D eigenvalue weighted by molar-refractivity contribution is 6.49. The Morgan fingerprint density at radius 1 is 1.53 bits per heavy atom. The quantitative estimate of drug-likeness (QED) is 0.757. The predicted molar refractivity (Wildman–Crippen MR) is 66.2 cm³/mol. The van der Waals surface area contributed by atoms with Gasteiger partial charge in [0, 0.05) is 5.57 Å². The minimum Gasteiger partial charge on any atom is -0.494 e. The highest BCUT2D eigenvalue weighted by Gasteiger charge is 2.09. The van der Waals surface area contributed by atoms with Crippen LogP contribution in [0.1, 0.15) is 25.3 Å². The number of allylic oxidation sites excluding steroid dienone is 1. The summed E-state index contributed by atoms with van der Waals surface area (Å²) >= 11 is 6.11. The number of hydrogen-bond acceptors (Lipinski definition) is 2. The zero-order chi connectivity index (χ0) is 12.8. The molecule has 0 aliphatic rings. The van der Waals surface area contributed by atoms with Gasteiger partial charge in [-0.1, -0.05) is 31.0 Å². The normalized spacial score (nSPS) is 11.7. The second kappa shape index (κ2) is 6.27. The van der Waals surface area contributed by atoms with Crippen LogP contribution in [-0.2, 0) is 0 Å². The lowest BCUT2D eigenvalue weighted by molar-refractivity contribution is 0.386. The average molecular weight is 254 g/mol. The van der Waals surface area contributed by atoms with Gasteiger partial charge in [-0.3, -0.25) is 0 Å². The Morgan fingerprint density at radius 2 is 2.24 bits per heavy atom. The molecule has 2 nitrogen and oxygen atoms in total. The average Bonchev–Trinajstić information content (AvgIpc) is 2.35. The molecule has 90 valence electrons. The molecule has 0 radical (unpaired) electrons. The molecule has 0 aromatic heterocycles. The molecular formula is C13H13ClFNO. The SMILES string of the molecule is CCC/C(C#N)=C(/Cl)c1ccc(F)c(OC)c1. The maximum absolute atomic E-state index is 13.2. The number of methoxy groups -OCH3 is 1. The lowest BCUT2D eigenvalue weighted by Gasteiger charge is -2.06. The summed E-state index contributed by atoms with van der Waals surface area (Å²) in [6, 6.07) is 6.37. The molecule has 1 aromatic carbocycles. The number of rotatable bonds is 4. The summed E-state index contributed by atoms with van der Waals surface area (Å²) in [4.78, 5) is 0. The van der Waals surface area contributed by atoms with Crippen molar-refractivity contribution in [2.24, 2.45) is 0 Å². The largest absolute Gasteiger partial charge is 0.494 e. The molecule has 1 aromatic rings. The van der Waals surface area contributed by atoms with Crippen molar-refractivity contribution in [3.8, 4) is 11.8 Å². The van der Waals surface area contributed by atoms with Gasteiger partial charge >= 0.3 is 0 Å².